The van der Waals surface area contributed by atoms with Gasteiger partial charge in [0.05, 0.1) is 18.6 Å². The average molecular weight is 277 g/mol. The summed E-state index contributed by atoms with van der Waals surface area (Å²) in [4.78, 5) is 22.8. The molecule has 20 heavy (non-hydrogen) atoms. The largest absolute Gasteiger partial charge is 0.481 e. The number of carbonyl (C=O) groups is 2. The molecule has 5 nitrogen and oxygen atoms in total. The molecule has 1 fully saturated rings. The van der Waals surface area contributed by atoms with Gasteiger partial charge in [0.15, 0.2) is 0 Å². The van der Waals surface area contributed by atoms with E-state index in [4.69, 9.17) is 9.84 Å². The number of nitrogens with one attached hydrogen (secondary N) is 1. The fourth-order valence-corrected chi connectivity index (χ4v) is 2.34. The van der Waals surface area contributed by atoms with Gasteiger partial charge in [0.2, 0.25) is 5.91 Å². The van der Waals surface area contributed by atoms with Crippen LogP contribution in [0, 0.1) is 5.92 Å². The topological polar surface area (TPSA) is 75.6 Å². The zero-order valence-corrected chi connectivity index (χ0v) is 11.5. The molecule has 0 aromatic heterocycles. The summed E-state index contributed by atoms with van der Waals surface area (Å²) in [5.74, 6) is -1.03. The van der Waals surface area contributed by atoms with Gasteiger partial charge in [-0.05, 0) is 31.4 Å². The van der Waals surface area contributed by atoms with Crippen molar-refractivity contribution in [2.45, 2.75) is 32.3 Å². The smallest absolute Gasteiger partial charge is 0.303 e. The molecule has 5 heteroatoms. The highest BCUT2D eigenvalue weighted by Crippen LogP contribution is 2.23. The van der Waals surface area contributed by atoms with Crippen molar-refractivity contribution in [1.82, 2.24) is 0 Å². The number of carboxylic acid groups (broad SMARTS) is 1. The van der Waals surface area contributed by atoms with E-state index in [0.717, 1.165) is 12.0 Å². The van der Waals surface area contributed by atoms with Crippen molar-refractivity contribution >= 4 is 17.6 Å². The third-order valence-electron chi connectivity index (χ3n) is 3.45. The summed E-state index contributed by atoms with van der Waals surface area (Å²) in [6.45, 7) is 2.40. The highest BCUT2D eigenvalue weighted by Gasteiger charge is 2.28. The summed E-state index contributed by atoms with van der Waals surface area (Å²) in [5, 5.41) is 11.6. The molecule has 1 aliphatic heterocycles. The minimum absolute atomic E-state index is 0.0520. The molecule has 1 heterocycles. The molecule has 0 bridgehead atoms. The van der Waals surface area contributed by atoms with Crippen molar-refractivity contribution in [1.29, 1.82) is 0 Å². The molecule has 2 N–H and O–H groups in total. The quantitative estimate of drug-likeness (QED) is 0.864. The Kier molecular flexibility index (Phi) is 4.74. The number of aliphatic carboxylic acids is 1. The van der Waals surface area contributed by atoms with Crippen molar-refractivity contribution in [3.8, 4) is 0 Å². The van der Waals surface area contributed by atoms with E-state index in [1.165, 1.54) is 0 Å². The number of anilines is 1. The Morgan fingerprint density at radius 2 is 2.15 bits per heavy atom. The van der Waals surface area contributed by atoms with Gasteiger partial charge < -0.3 is 15.2 Å². The number of rotatable bonds is 5. The molecule has 1 aromatic rings. The molecule has 0 spiro atoms. The number of carbonyl (C=O) groups excluding carboxylic acids is 1. The lowest BCUT2D eigenvalue weighted by Crippen LogP contribution is -2.23. The molecule has 0 saturated carbocycles. The van der Waals surface area contributed by atoms with Crippen LogP contribution in [0.15, 0.2) is 24.3 Å². The number of ether oxygens (including phenoxy) is 1. The Labute approximate surface area is 117 Å². The van der Waals surface area contributed by atoms with Crippen LogP contribution in [0.4, 0.5) is 5.69 Å². The van der Waals surface area contributed by atoms with Crippen LogP contribution in [0.1, 0.15) is 25.3 Å². The second-order valence-electron chi connectivity index (χ2n) is 5.12. The van der Waals surface area contributed by atoms with Gasteiger partial charge in [-0.25, -0.2) is 0 Å². The number of carboxylic acids is 1. The van der Waals surface area contributed by atoms with Crippen molar-refractivity contribution in [2.24, 2.45) is 5.92 Å². The predicted octanol–water partition coefficient (Wildman–Crippen LogP) is 2.07. The number of benzene rings is 1. The van der Waals surface area contributed by atoms with Gasteiger partial charge in [-0.3, -0.25) is 9.59 Å². The van der Waals surface area contributed by atoms with Gasteiger partial charge >= 0.3 is 5.97 Å². The van der Waals surface area contributed by atoms with E-state index < -0.39 is 5.97 Å². The van der Waals surface area contributed by atoms with Crippen LogP contribution < -0.4 is 5.32 Å². The first-order valence-corrected chi connectivity index (χ1v) is 6.78. The number of aryl methyl sites for hydroxylation is 1. The molecule has 108 valence electrons. The molecule has 0 radical (unpaired) electrons. The molecule has 2 rings (SSSR count). The normalized spacial score (nSPS) is 21.6. The van der Waals surface area contributed by atoms with Gasteiger partial charge in [-0.1, -0.05) is 18.2 Å². The third kappa shape index (κ3) is 3.81. The third-order valence-corrected chi connectivity index (χ3v) is 3.45. The zero-order valence-electron chi connectivity index (χ0n) is 11.5. The summed E-state index contributed by atoms with van der Waals surface area (Å²) < 4.78 is 5.39. The fraction of sp³-hybridized carbons (Fsp3) is 0.467. The Morgan fingerprint density at radius 3 is 2.80 bits per heavy atom. The molecular weight excluding hydrogens is 258 g/mol. The number of hydrogen-bond acceptors (Lipinski definition) is 3. The van der Waals surface area contributed by atoms with Gasteiger partial charge in [-0.2, -0.15) is 0 Å². The van der Waals surface area contributed by atoms with Crippen molar-refractivity contribution in [3.05, 3.63) is 29.8 Å². The Bertz CT molecular complexity index is 500. The lowest BCUT2D eigenvalue weighted by molar-refractivity contribution is -0.137. The minimum atomic E-state index is -0.843. The van der Waals surface area contributed by atoms with Crippen LogP contribution in [0.5, 0.6) is 0 Å². The molecule has 2 unspecified atom stereocenters. The van der Waals surface area contributed by atoms with Crippen molar-refractivity contribution in [3.63, 3.8) is 0 Å². The van der Waals surface area contributed by atoms with Gasteiger partial charge in [-0.15, -0.1) is 0 Å². The predicted molar refractivity (Wildman–Crippen MR) is 74.5 cm³/mol. The van der Waals surface area contributed by atoms with E-state index in [1.807, 2.05) is 25.1 Å². The van der Waals surface area contributed by atoms with Crippen LogP contribution >= 0.6 is 0 Å². The lowest BCUT2D eigenvalue weighted by Gasteiger charge is -2.13. The lowest BCUT2D eigenvalue weighted by atomic mass is 10.0. The maximum absolute atomic E-state index is 12.1. The minimum Gasteiger partial charge on any atom is -0.481 e. The highest BCUT2D eigenvalue weighted by molar-refractivity contribution is 5.93. The first-order valence-electron chi connectivity index (χ1n) is 6.78. The Balaban J connectivity index is 2.01. The SMILES string of the molecule is CC1CC(C(=O)Nc2ccccc2CCC(=O)O)CO1. The van der Waals surface area contributed by atoms with Crippen LogP contribution in [0.25, 0.3) is 0 Å². The van der Waals surface area contributed by atoms with E-state index >= 15 is 0 Å². The Morgan fingerprint density at radius 1 is 1.40 bits per heavy atom. The summed E-state index contributed by atoms with van der Waals surface area (Å²) in [6, 6.07) is 7.31. The van der Waals surface area contributed by atoms with E-state index in [9.17, 15) is 9.59 Å². The first kappa shape index (κ1) is 14.5. The highest BCUT2D eigenvalue weighted by atomic mass is 16.5. The van der Waals surface area contributed by atoms with Crippen molar-refractivity contribution in [2.75, 3.05) is 11.9 Å². The zero-order chi connectivity index (χ0) is 14.5. The second kappa shape index (κ2) is 6.52. The van der Waals surface area contributed by atoms with E-state index in [-0.39, 0.29) is 24.3 Å². The fourth-order valence-electron chi connectivity index (χ4n) is 2.34. The standard InChI is InChI=1S/C15H19NO4/c1-10-8-12(9-20-10)15(19)16-13-5-3-2-4-11(13)6-7-14(17)18/h2-5,10,12H,6-9H2,1H3,(H,16,19)(H,17,18). The molecule has 1 aromatic carbocycles. The van der Waals surface area contributed by atoms with Gasteiger partial charge in [0, 0.05) is 12.1 Å². The van der Waals surface area contributed by atoms with Gasteiger partial charge in [0.25, 0.3) is 0 Å². The molecular formula is C15H19NO4. The Hall–Kier alpha value is -1.88. The van der Waals surface area contributed by atoms with Gasteiger partial charge in [0.1, 0.15) is 0 Å². The van der Waals surface area contributed by atoms with Crippen molar-refractivity contribution < 1.29 is 19.4 Å². The summed E-state index contributed by atoms with van der Waals surface area (Å²) in [5.41, 5.74) is 1.54. The van der Waals surface area contributed by atoms with E-state index in [0.29, 0.717) is 18.7 Å². The van der Waals surface area contributed by atoms with E-state index in [2.05, 4.69) is 5.32 Å². The maximum atomic E-state index is 12.1. The van der Waals surface area contributed by atoms with Crippen LogP contribution in [0.3, 0.4) is 0 Å². The average Bonchev–Trinajstić information content (AvgIpc) is 2.84. The molecule has 1 aliphatic rings. The van der Waals surface area contributed by atoms with Crippen LogP contribution in [0.2, 0.25) is 0 Å². The van der Waals surface area contributed by atoms with Crippen LogP contribution in [-0.2, 0) is 20.7 Å². The first-order chi connectivity index (χ1) is 9.56. The van der Waals surface area contributed by atoms with E-state index in [1.54, 1.807) is 6.07 Å². The van der Waals surface area contributed by atoms with Crippen LogP contribution in [-0.4, -0.2) is 29.7 Å². The number of amides is 1. The molecule has 0 aliphatic carbocycles. The summed E-state index contributed by atoms with van der Waals surface area (Å²) >= 11 is 0. The number of para-hydroxylation sites is 1. The monoisotopic (exact) mass is 277 g/mol. The molecule has 1 saturated heterocycles. The number of hydrogen-bond donors (Lipinski definition) is 2. The molecule has 2 atom stereocenters. The molecule has 1 amide bonds. The second-order valence-corrected chi connectivity index (χ2v) is 5.12. The summed E-state index contributed by atoms with van der Waals surface area (Å²) in [6.07, 6.45) is 1.30. The maximum Gasteiger partial charge on any atom is 0.303 e. The summed E-state index contributed by atoms with van der Waals surface area (Å²) in [7, 11) is 0.